The van der Waals surface area contributed by atoms with Crippen LogP contribution in [0.3, 0.4) is 0 Å². The van der Waals surface area contributed by atoms with Gasteiger partial charge in [-0.25, -0.2) is 9.97 Å². The van der Waals surface area contributed by atoms with Crippen molar-refractivity contribution in [2.24, 2.45) is 0 Å². The summed E-state index contributed by atoms with van der Waals surface area (Å²) in [5.74, 6) is 2.95. The highest BCUT2D eigenvalue weighted by atomic mass is 16.3. The van der Waals surface area contributed by atoms with E-state index < -0.39 is 0 Å². The Balaban J connectivity index is 1.48. The lowest BCUT2D eigenvalue weighted by atomic mass is 10.1. The monoisotopic (exact) mass is 298 g/mol. The van der Waals surface area contributed by atoms with Gasteiger partial charge in [-0.05, 0) is 44.4 Å². The summed E-state index contributed by atoms with van der Waals surface area (Å²) in [7, 11) is 0. The van der Waals surface area contributed by atoms with E-state index in [0.29, 0.717) is 12.1 Å². The molecule has 5 nitrogen and oxygen atoms in total. The fourth-order valence-electron chi connectivity index (χ4n) is 3.82. The molecule has 2 saturated heterocycles. The molecule has 0 N–H and O–H groups in total. The summed E-state index contributed by atoms with van der Waals surface area (Å²) >= 11 is 0. The maximum atomic E-state index is 5.74. The summed E-state index contributed by atoms with van der Waals surface area (Å²) in [4.78, 5) is 14.0. The first kappa shape index (κ1) is 13.8. The largest absolute Gasteiger partial charge is 0.465 e. The molecule has 2 aliphatic rings. The third-order valence-corrected chi connectivity index (χ3v) is 4.87. The number of fused-ring (bicyclic) bond motifs is 1. The molecule has 2 atom stereocenters. The summed E-state index contributed by atoms with van der Waals surface area (Å²) in [6.45, 7) is 7.11. The molecule has 0 aliphatic carbocycles. The Bertz CT molecular complexity index is 651. The highest BCUT2D eigenvalue weighted by Crippen LogP contribution is 2.34. The Morgan fingerprint density at radius 1 is 1.09 bits per heavy atom. The Morgan fingerprint density at radius 3 is 2.59 bits per heavy atom. The molecule has 0 aromatic carbocycles. The third kappa shape index (κ3) is 2.39. The van der Waals surface area contributed by atoms with Gasteiger partial charge in [-0.2, -0.15) is 0 Å². The average molecular weight is 298 g/mol. The van der Waals surface area contributed by atoms with Gasteiger partial charge in [-0.15, -0.1) is 0 Å². The van der Waals surface area contributed by atoms with E-state index in [1.807, 2.05) is 32.3 Å². The van der Waals surface area contributed by atoms with E-state index >= 15 is 0 Å². The summed E-state index contributed by atoms with van der Waals surface area (Å²) in [6, 6.07) is 5.27. The van der Waals surface area contributed by atoms with Crippen LogP contribution in [-0.2, 0) is 6.54 Å². The Morgan fingerprint density at radius 2 is 1.86 bits per heavy atom. The molecule has 22 heavy (non-hydrogen) atoms. The van der Waals surface area contributed by atoms with Crippen LogP contribution in [0.5, 0.6) is 0 Å². The molecule has 2 aromatic rings. The molecule has 2 fully saturated rings. The average Bonchev–Trinajstić information content (AvgIpc) is 3.19. The fourth-order valence-corrected chi connectivity index (χ4v) is 3.82. The molecule has 4 heterocycles. The second-order valence-corrected chi connectivity index (χ2v) is 6.45. The summed E-state index contributed by atoms with van der Waals surface area (Å²) in [6.07, 6.45) is 6.19. The highest BCUT2D eigenvalue weighted by Gasteiger charge is 2.43. The molecule has 0 unspecified atom stereocenters. The van der Waals surface area contributed by atoms with Crippen molar-refractivity contribution < 1.29 is 4.42 Å². The Labute approximate surface area is 131 Å². The number of aryl methyl sites for hydroxylation is 2. The number of likely N-dealkylation sites (tertiary alicyclic amines) is 1. The zero-order valence-electron chi connectivity index (χ0n) is 13.2. The molecule has 4 rings (SSSR count). The number of anilines is 1. The minimum absolute atomic E-state index is 0.541. The van der Waals surface area contributed by atoms with Crippen molar-refractivity contribution in [3.63, 3.8) is 0 Å². The number of nitrogens with zero attached hydrogens (tertiary/aromatic N) is 4. The Kier molecular flexibility index (Phi) is 3.37. The van der Waals surface area contributed by atoms with Gasteiger partial charge in [0.15, 0.2) is 0 Å². The molecular formula is C17H22N4O. The maximum absolute atomic E-state index is 5.74. The summed E-state index contributed by atoms with van der Waals surface area (Å²) < 4.78 is 5.74. The van der Waals surface area contributed by atoms with Gasteiger partial charge < -0.3 is 9.32 Å². The van der Waals surface area contributed by atoms with Crippen molar-refractivity contribution in [1.29, 1.82) is 0 Å². The van der Waals surface area contributed by atoms with Gasteiger partial charge in [0.05, 0.1) is 6.54 Å². The lowest BCUT2D eigenvalue weighted by Gasteiger charge is -2.25. The van der Waals surface area contributed by atoms with Crippen LogP contribution in [0.1, 0.15) is 29.9 Å². The predicted octanol–water partition coefficient (Wildman–Crippen LogP) is 2.54. The van der Waals surface area contributed by atoms with Gasteiger partial charge >= 0.3 is 0 Å². The van der Waals surface area contributed by atoms with Crippen LogP contribution in [0, 0.1) is 13.8 Å². The fraction of sp³-hybridized carbons (Fsp3) is 0.529. The van der Waals surface area contributed by atoms with Crippen molar-refractivity contribution in [1.82, 2.24) is 14.9 Å². The van der Waals surface area contributed by atoms with E-state index in [1.54, 1.807) is 0 Å². The number of aromatic nitrogens is 2. The molecule has 116 valence electrons. The first-order valence-corrected chi connectivity index (χ1v) is 8.05. The number of hydrogen-bond donors (Lipinski definition) is 0. The Hall–Kier alpha value is -1.88. The number of furan rings is 1. The lowest BCUT2D eigenvalue weighted by molar-refractivity contribution is 0.225. The molecule has 0 bridgehead atoms. The van der Waals surface area contributed by atoms with Crippen LogP contribution in [0.2, 0.25) is 0 Å². The van der Waals surface area contributed by atoms with Gasteiger partial charge in [-0.1, -0.05) is 0 Å². The summed E-state index contributed by atoms with van der Waals surface area (Å²) in [5.41, 5.74) is 1.11. The van der Waals surface area contributed by atoms with Crippen molar-refractivity contribution in [3.8, 4) is 0 Å². The van der Waals surface area contributed by atoms with Crippen LogP contribution < -0.4 is 4.90 Å². The molecule has 0 spiro atoms. The minimum Gasteiger partial charge on any atom is -0.465 e. The molecule has 0 radical (unpaired) electrons. The second-order valence-electron chi connectivity index (χ2n) is 6.45. The third-order valence-electron chi connectivity index (χ3n) is 4.87. The van der Waals surface area contributed by atoms with Gasteiger partial charge in [-0.3, -0.25) is 4.90 Å². The van der Waals surface area contributed by atoms with Gasteiger partial charge in [0.2, 0.25) is 5.95 Å². The van der Waals surface area contributed by atoms with Crippen molar-refractivity contribution in [2.45, 2.75) is 45.3 Å². The SMILES string of the molecule is Cc1cnc(N2CC[C@@H]3[C@@H]2CCN3Cc2ccc(C)o2)nc1. The van der Waals surface area contributed by atoms with E-state index in [0.717, 1.165) is 42.7 Å². The first-order chi connectivity index (χ1) is 10.7. The number of hydrogen-bond acceptors (Lipinski definition) is 5. The van der Waals surface area contributed by atoms with Crippen LogP contribution in [0.4, 0.5) is 5.95 Å². The predicted molar refractivity (Wildman–Crippen MR) is 84.8 cm³/mol. The van der Waals surface area contributed by atoms with Crippen molar-refractivity contribution in [3.05, 3.63) is 41.6 Å². The molecule has 0 saturated carbocycles. The minimum atomic E-state index is 0.541. The van der Waals surface area contributed by atoms with E-state index in [9.17, 15) is 0 Å². The lowest BCUT2D eigenvalue weighted by Crippen LogP contribution is -2.37. The zero-order valence-corrected chi connectivity index (χ0v) is 13.2. The van der Waals surface area contributed by atoms with E-state index in [2.05, 4.69) is 25.8 Å². The molecule has 2 aromatic heterocycles. The van der Waals surface area contributed by atoms with E-state index in [4.69, 9.17) is 4.42 Å². The molecule has 0 amide bonds. The first-order valence-electron chi connectivity index (χ1n) is 8.05. The van der Waals surface area contributed by atoms with Crippen LogP contribution >= 0.6 is 0 Å². The van der Waals surface area contributed by atoms with Crippen LogP contribution in [0.25, 0.3) is 0 Å². The van der Waals surface area contributed by atoms with E-state index in [-0.39, 0.29) is 0 Å². The van der Waals surface area contributed by atoms with Crippen LogP contribution in [-0.4, -0.2) is 40.0 Å². The number of rotatable bonds is 3. The highest BCUT2D eigenvalue weighted by molar-refractivity contribution is 5.36. The smallest absolute Gasteiger partial charge is 0.225 e. The van der Waals surface area contributed by atoms with E-state index in [1.165, 1.54) is 12.8 Å². The zero-order chi connectivity index (χ0) is 15.1. The maximum Gasteiger partial charge on any atom is 0.225 e. The topological polar surface area (TPSA) is 45.4 Å². The van der Waals surface area contributed by atoms with Gasteiger partial charge in [0, 0.05) is 37.6 Å². The molecule has 2 aliphatic heterocycles. The quantitative estimate of drug-likeness (QED) is 0.871. The van der Waals surface area contributed by atoms with Gasteiger partial charge in [0.25, 0.3) is 0 Å². The van der Waals surface area contributed by atoms with Crippen LogP contribution in [0.15, 0.2) is 28.9 Å². The second kappa shape index (κ2) is 5.39. The summed E-state index contributed by atoms with van der Waals surface area (Å²) in [5, 5.41) is 0. The van der Waals surface area contributed by atoms with Crippen molar-refractivity contribution >= 4 is 5.95 Å². The van der Waals surface area contributed by atoms with Crippen molar-refractivity contribution in [2.75, 3.05) is 18.0 Å². The molecular weight excluding hydrogens is 276 g/mol. The standard InChI is InChI=1S/C17H22N4O/c1-12-9-18-17(19-10-12)21-8-6-15-16(21)5-7-20(15)11-14-4-3-13(2)22-14/h3-4,9-10,15-16H,5-8,11H2,1-2H3/t15-,16+/m1/s1. The molecule has 5 heteroatoms. The van der Waals surface area contributed by atoms with Gasteiger partial charge in [0.1, 0.15) is 11.5 Å². The normalized spacial score (nSPS) is 24.9.